The van der Waals surface area contributed by atoms with Crippen LogP contribution in [0.15, 0.2) is 24.2 Å². The average Bonchev–Trinajstić information content (AvgIpc) is 1.92. The quantitative estimate of drug-likeness (QED) is 0.531. The fraction of sp³-hybridized carbons (Fsp3) is 0.455. The van der Waals surface area contributed by atoms with Crippen molar-refractivity contribution in [3.8, 4) is 0 Å². The number of aryl methyl sites for hydroxylation is 1. The molecule has 0 heteroatoms. The van der Waals surface area contributed by atoms with Crippen LogP contribution in [-0.4, -0.2) is 0 Å². The molecule has 0 aliphatic rings. The zero-order valence-electron chi connectivity index (χ0n) is 8.73. The summed E-state index contributed by atoms with van der Waals surface area (Å²) < 4.78 is 7.51. The summed E-state index contributed by atoms with van der Waals surface area (Å²) in [5.41, 5.74) is 2.70. The Morgan fingerprint density at radius 2 is 1.91 bits per heavy atom. The highest BCUT2D eigenvalue weighted by Crippen LogP contribution is 2.24. The van der Waals surface area contributed by atoms with Crippen molar-refractivity contribution in [2.45, 2.75) is 33.1 Å². The SMILES string of the molecule is [2H]c1ccc(C)c(C(C)(C)C)c1. The smallest absolute Gasteiger partial charge is 0.0620 e. The van der Waals surface area contributed by atoms with Gasteiger partial charge >= 0.3 is 0 Å². The molecule has 0 N–H and O–H groups in total. The van der Waals surface area contributed by atoms with E-state index in [2.05, 4.69) is 27.7 Å². The van der Waals surface area contributed by atoms with Gasteiger partial charge in [0.2, 0.25) is 0 Å². The molecule has 1 aromatic carbocycles. The summed E-state index contributed by atoms with van der Waals surface area (Å²) in [5.74, 6) is 0. The van der Waals surface area contributed by atoms with Crippen LogP contribution in [0.1, 0.15) is 33.3 Å². The molecule has 0 atom stereocenters. The molecule has 0 fully saturated rings. The van der Waals surface area contributed by atoms with Crippen molar-refractivity contribution in [1.29, 1.82) is 0 Å². The first-order valence-corrected chi connectivity index (χ1v) is 3.99. The molecule has 1 aromatic rings. The zero-order chi connectivity index (χ0) is 9.35. The van der Waals surface area contributed by atoms with Crippen molar-refractivity contribution in [3.63, 3.8) is 0 Å². The lowest BCUT2D eigenvalue weighted by molar-refractivity contribution is 0.586. The van der Waals surface area contributed by atoms with Crippen molar-refractivity contribution >= 4 is 0 Å². The maximum Gasteiger partial charge on any atom is 0.0623 e. The molecule has 11 heavy (non-hydrogen) atoms. The highest BCUT2D eigenvalue weighted by atomic mass is 14.2. The Morgan fingerprint density at radius 1 is 1.27 bits per heavy atom. The molecule has 0 radical (unpaired) electrons. The monoisotopic (exact) mass is 149 g/mol. The summed E-state index contributed by atoms with van der Waals surface area (Å²) in [6.07, 6.45) is 0. The van der Waals surface area contributed by atoms with Crippen molar-refractivity contribution in [3.05, 3.63) is 35.4 Å². The third kappa shape index (κ3) is 1.83. The van der Waals surface area contributed by atoms with E-state index in [9.17, 15) is 0 Å². The summed E-state index contributed by atoms with van der Waals surface area (Å²) in [6.45, 7) is 8.62. The molecular weight excluding hydrogens is 132 g/mol. The minimum atomic E-state index is 0.154. The van der Waals surface area contributed by atoms with Gasteiger partial charge in [-0.1, -0.05) is 45.0 Å². The minimum Gasteiger partial charge on any atom is -0.0620 e. The van der Waals surface area contributed by atoms with Gasteiger partial charge in [-0.05, 0) is 23.5 Å². The van der Waals surface area contributed by atoms with Crippen molar-refractivity contribution < 1.29 is 1.37 Å². The highest BCUT2D eigenvalue weighted by molar-refractivity contribution is 5.31. The molecule has 1 rings (SSSR count). The van der Waals surface area contributed by atoms with Gasteiger partial charge in [-0.15, -0.1) is 0 Å². The Kier molecular flexibility index (Phi) is 1.69. The Bertz CT molecular complexity index is 282. The van der Waals surface area contributed by atoms with Crippen LogP contribution in [0, 0.1) is 6.92 Å². The van der Waals surface area contributed by atoms with E-state index < -0.39 is 0 Å². The summed E-state index contributed by atoms with van der Waals surface area (Å²) >= 11 is 0. The van der Waals surface area contributed by atoms with Crippen LogP contribution in [0.25, 0.3) is 0 Å². The molecule has 0 unspecified atom stereocenters. The Hall–Kier alpha value is -0.780. The number of hydrogen-bond donors (Lipinski definition) is 0. The van der Waals surface area contributed by atoms with Gasteiger partial charge < -0.3 is 0 Å². The van der Waals surface area contributed by atoms with Gasteiger partial charge in [0.05, 0.1) is 1.37 Å². The fourth-order valence-corrected chi connectivity index (χ4v) is 1.32. The second-order valence-electron chi connectivity index (χ2n) is 3.99. The highest BCUT2D eigenvalue weighted by Gasteiger charge is 2.14. The van der Waals surface area contributed by atoms with Gasteiger partial charge in [0.15, 0.2) is 0 Å². The van der Waals surface area contributed by atoms with Gasteiger partial charge in [0.1, 0.15) is 0 Å². The first-order chi connectivity index (χ1) is 5.41. The fourth-order valence-electron chi connectivity index (χ4n) is 1.32. The van der Waals surface area contributed by atoms with E-state index in [1.165, 1.54) is 11.1 Å². The maximum absolute atomic E-state index is 7.51. The molecule has 0 aliphatic heterocycles. The first kappa shape index (κ1) is 6.90. The van der Waals surface area contributed by atoms with E-state index in [1.54, 1.807) is 0 Å². The van der Waals surface area contributed by atoms with Crippen molar-refractivity contribution in [2.24, 2.45) is 0 Å². The van der Waals surface area contributed by atoms with Crippen LogP contribution < -0.4 is 0 Å². The van der Waals surface area contributed by atoms with Crippen LogP contribution >= 0.6 is 0 Å². The molecular formula is C11H16. The molecule has 0 bridgehead atoms. The van der Waals surface area contributed by atoms with Crippen LogP contribution in [0.5, 0.6) is 0 Å². The van der Waals surface area contributed by atoms with Gasteiger partial charge in [-0.2, -0.15) is 0 Å². The lowest BCUT2D eigenvalue weighted by Crippen LogP contribution is -2.12. The topological polar surface area (TPSA) is 0 Å². The third-order valence-electron chi connectivity index (χ3n) is 1.89. The lowest BCUT2D eigenvalue weighted by atomic mass is 9.84. The molecule has 0 aliphatic carbocycles. The number of hydrogen-bond acceptors (Lipinski definition) is 0. The van der Waals surface area contributed by atoms with Crippen molar-refractivity contribution in [1.82, 2.24) is 0 Å². The van der Waals surface area contributed by atoms with E-state index in [0.29, 0.717) is 6.04 Å². The van der Waals surface area contributed by atoms with E-state index in [-0.39, 0.29) is 5.41 Å². The van der Waals surface area contributed by atoms with Gasteiger partial charge in [-0.25, -0.2) is 0 Å². The molecule has 0 saturated carbocycles. The van der Waals surface area contributed by atoms with Crippen LogP contribution in [0.4, 0.5) is 0 Å². The molecule has 0 heterocycles. The first-order valence-electron chi connectivity index (χ1n) is 4.49. The van der Waals surface area contributed by atoms with Gasteiger partial charge in [0.25, 0.3) is 0 Å². The molecule has 0 spiro atoms. The Labute approximate surface area is 70.7 Å². The number of rotatable bonds is 0. The summed E-state index contributed by atoms with van der Waals surface area (Å²) in [4.78, 5) is 0. The van der Waals surface area contributed by atoms with Crippen LogP contribution in [0.3, 0.4) is 0 Å². The van der Waals surface area contributed by atoms with E-state index in [0.717, 1.165) is 0 Å². The second-order valence-corrected chi connectivity index (χ2v) is 3.99. The lowest BCUT2D eigenvalue weighted by Gasteiger charge is -2.21. The summed E-state index contributed by atoms with van der Waals surface area (Å²) in [6, 6.07) is 6.41. The largest absolute Gasteiger partial charge is 0.0623 e. The third-order valence-corrected chi connectivity index (χ3v) is 1.89. The standard InChI is InChI=1S/C11H16/c1-9-7-5-6-8-10(9)11(2,3)4/h5-8H,1-4H3/i6D. The van der Waals surface area contributed by atoms with Crippen LogP contribution in [-0.2, 0) is 5.41 Å². The van der Waals surface area contributed by atoms with E-state index in [4.69, 9.17) is 1.37 Å². The Morgan fingerprint density at radius 3 is 2.36 bits per heavy atom. The molecule has 0 aromatic heterocycles. The van der Waals surface area contributed by atoms with Gasteiger partial charge in [-0.3, -0.25) is 0 Å². The average molecular weight is 149 g/mol. The van der Waals surface area contributed by atoms with Crippen molar-refractivity contribution in [2.75, 3.05) is 0 Å². The normalized spacial score (nSPS) is 12.9. The summed E-state index contributed by atoms with van der Waals surface area (Å²) in [7, 11) is 0. The maximum atomic E-state index is 7.51. The summed E-state index contributed by atoms with van der Waals surface area (Å²) in [5, 5.41) is 0. The number of benzene rings is 1. The van der Waals surface area contributed by atoms with E-state index in [1.807, 2.05) is 18.2 Å². The predicted octanol–water partition coefficient (Wildman–Crippen LogP) is 3.29. The van der Waals surface area contributed by atoms with Gasteiger partial charge in [0, 0.05) is 0 Å². The molecule has 0 saturated heterocycles. The second kappa shape index (κ2) is 2.69. The molecule has 0 nitrogen and oxygen atoms in total. The predicted molar refractivity (Wildman–Crippen MR) is 49.9 cm³/mol. The minimum absolute atomic E-state index is 0.154. The van der Waals surface area contributed by atoms with E-state index >= 15 is 0 Å². The molecule has 0 amide bonds. The molecule has 60 valence electrons. The van der Waals surface area contributed by atoms with Crippen LogP contribution in [0.2, 0.25) is 0 Å². The Balaban J connectivity index is 3.23. The zero-order valence-corrected chi connectivity index (χ0v) is 7.73.